The fourth-order valence-corrected chi connectivity index (χ4v) is 3.83. The average Bonchev–Trinajstić information content (AvgIpc) is 2.90. The first-order chi connectivity index (χ1) is 17.2. The quantitative estimate of drug-likeness (QED) is 0.211. The molecule has 2 aromatic rings. The van der Waals surface area contributed by atoms with Gasteiger partial charge in [0.2, 0.25) is 0 Å². The normalized spacial score (nSPS) is 14.0. The molecule has 0 fully saturated rings. The second-order valence-corrected chi connectivity index (χ2v) is 8.85. The lowest BCUT2D eigenvalue weighted by Gasteiger charge is -2.24. The lowest BCUT2D eigenvalue weighted by molar-refractivity contribution is 0.0566. The Morgan fingerprint density at radius 3 is 2.51 bits per heavy atom. The van der Waals surface area contributed by atoms with Gasteiger partial charge in [-0.3, -0.25) is 5.01 Å². The van der Waals surface area contributed by atoms with Gasteiger partial charge in [-0.2, -0.15) is 0 Å². The molecule has 186 valence electrons. The molecule has 0 aliphatic carbocycles. The van der Waals surface area contributed by atoms with E-state index in [9.17, 15) is 0 Å². The minimum Gasteiger partial charge on any atom is -0.490 e. The van der Waals surface area contributed by atoms with Gasteiger partial charge in [0.1, 0.15) is 12.4 Å². The number of hydrogen-bond donors (Lipinski definition) is 1. The molecule has 0 radical (unpaired) electrons. The van der Waals surface area contributed by atoms with Crippen molar-refractivity contribution in [3.05, 3.63) is 96.9 Å². The molecule has 4 heteroatoms. The fourth-order valence-electron chi connectivity index (χ4n) is 3.83. The summed E-state index contributed by atoms with van der Waals surface area (Å²) < 4.78 is 11.4. The molecule has 0 spiro atoms. The third kappa shape index (κ3) is 9.14. The Bertz CT molecular complexity index is 974. The Kier molecular flexibility index (Phi) is 11.2. The van der Waals surface area contributed by atoms with Gasteiger partial charge in [-0.25, -0.2) is 0 Å². The van der Waals surface area contributed by atoms with Gasteiger partial charge >= 0.3 is 0 Å². The minimum atomic E-state index is 0.356. The molecule has 35 heavy (non-hydrogen) atoms. The van der Waals surface area contributed by atoms with Crippen LogP contribution in [-0.4, -0.2) is 19.3 Å². The molecule has 3 rings (SSSR count). The number of hydrazine groups is 1. The number of allylic oxidation sites excluding steroid dienone is 3. The third-order valence-electron chi connectivity index (χ3n) is 5.93. The van der Waals surface area contributed by atoms with E-state index < -0.39 is 0 Å². The maximum absolute atomic E-state index is 5.88. The van der Waals surface area contributed by atoms with Crippen molar-refractivity contribution in [3.8, 4) is 5.75 Å². The molecule has 0 amide bonds. The number of anilines is 1. The molecule has 0 saturated heterocycles. The second kappa shape index (κ2) is 14.9. The standard InChI is InChI=1S/C31H40N2O2/c1-4-6-10-24-34-26(3)11-8-7-9-12-27-13-17-30(18-14-27)33-22-21-29(25-32-33)28-15-19-31(20-16-28)35-23-5-2/h5,9,12-22,25-26,32H,2,4,6-8,10-11,23-24H2,1,3H3. The highest BCUT2D eigenvalue weighted by molar-refractivity contribution is 5.76. The SMILES string of the molecule is C=CCOc1ccc(C2=CNN(c3ccc(C=CCCCC(C)OCCCCC)cc3)C=C2)cc1. The summed E-state index contributed by atoms with van der Waals surface area (Å²) in [6, 6.07) is 16.7. The molecule has 1 N–H and O–H groups in total. The highest BCUT2D eigenvalue weighted by atomic mass is 16.5. The van der Waals surface area contributed by atoms with Crippen molar-refractivity contribution in [1.29, 1.82) is 0 Å². The van der Waals surface area contributed by atoms with E-state index in [1.165, 1.54) is 24.8 Å². The molecule has 0 aromatic heterocycles. The molecular formula is C31H40N2O2. The van der Waals surface area contributed by atoms with Gasteiger partial charge in [0, 0.05) is 24.6 Å². The number of benzene rings is 2. The Hall–Kier alpha value is -3.24. The van der Waals surface area contributed by atoms with Gasteiger partial charge in [-0.05, 0) is 74.1 Å². The zero-order valence-electron chi connectivity index (χ0n) is 21.3. The van der Waals surface area contributed by atoms with Crippen molar-refractivity contribution >= 4 is 17.3 Å². The number of unbranched alkanes of at least 4 members (excludes halogenated alkanes) is 3. The van der Waals surface area contributed by atoms with Crippen LogP contribution in [0.5, 0.6) is 5.75 Å². The summed E-state index contributed by atoms with van der Waals surface area (Å²) >= 11 is 0. The van der Waals surface area contributed by atoms with Crippen LogP contribution in [0.15, 0.2) is 85.7 Å². The molecule has 1 unspecified atom stereocenters. The highest BCUT2D eigenvalue weighted by Crippen LogP contribution is 2.24. The summed E-state index contributed by atoms with van der Waals surface area (Å²) in [4.78, 5) is 0. The smallest absolute Gasteiger partial charge is 0.119 e. The first kappa shape index (κ1) is 26.4. The van der Waals surface area contributed by atoms with Crippen LogP contribution < -0.4 is 15.2 Å². The van der Waals surface area contributed by atoms with E-state index >= 15 is 0 Å². The van der Waals surface area contributed by atoms with Crippen molar-refractivity contribution in [2.75, 3.05) is 18.2 Å². The van der Waals surface area contributed by atoms with E-state index in [2.05, 4.69) is 80.5 Å². The number of nitrogens with zero attached hydrogens (tertiary/aromatic N) is 1. The fraction of sp³-hybridized carbons (Fsp3) is 0.355. The summed E-state index contributed by atoms with van der Waals surface area (Å²) in [5.74, 6) is 0.846. The Balaban J connectivity index is 1.40. The monoisotopic (exact) mass is 472 g/mol. The summed E-state index contributed by atoms with van der Waals surface area (Å²) in [5.41, 5.74) is 7.92. The van der Waals surface area contributed by atoms with Gasteiger partial charge < -0.3 is 14.9 Å². The van der Waals surface area contributed by atoms with Gasteiger partial charge in [-0.15, -0.1) is 0 Å². The number of ether oxygens (including phenoxy) is 2. The number of nitrogens with one attached hydrogen (secondary N) is 1. The minimum absolute atomic E-state index is 0.356. The largest absolute Gasteiger partial charge is 0.490 e. The topological polar surface area (TPSA) is 33.7 Å². The van der Waals surface area contributed by atoms with Gasteiger partial charge in [0.15, 0.2) is 0 Å². The van der Waals surface area contributed by atoms with Crippen LogP contribution in [0.1, 0.15) is 63.5 Å². The molecule has 0 saturated carbocycles. The summed E-state index contributed by atoms with van der Waals surface area (Å²) in [6.45, 7) is 9.50. The van der Waals surface area contributed by atoms with Gasteiger partial charge in [0.05, 0.1) is 11.8 Å². The Labute approximate surface area is 211 Å². The number of rotatable bonds is 15. The molecule has 0 bridgehead atoms. The maximum atomic E-state index is 5.88. The third-order valence-corrected chi connectivity index (χ3v) is 5.93. The molecule has 1 aliphatic heterocycles. The highest BCUT2D eigenvalue weighted by Gasteiger charge is 2.08. The molecule has 4 nitrogen and oxygen atoms in total. The van der Waals surface area contributed by atoms with Crippen molar-refractivity contribution in [2.24, 2.45) is 0 Å². The van der Waals surface area contributed by atoms with Crippen molar-refractivity contribution in [1.82, 2.24) is 5.43 Å². The lowest BCUT2D eigenvalue weighted by atomic mass is 10.1. The predicted molar refractivity (Wildman–Crippen MR) is 149 cm³/mol. The first-order valence-electron chi connectivity index (χ1n) is 12.9. The van der Waals surface area contributed by atoms with E-state index in [1.807, 2.05) is 29.5 Å². The van der Waals surface area contributed by atoms with Gasteiger partial charge in [-0.1, -0.05) is 68.8 Å². The van der Waals surface area contributed by atoms with Crippen molar-refractivity contribution < 1.29 is 9.47 Å². The van der Waals surface area contributed by atoms with Crippen LogP contribution in [0.4, 0.5) is 5.69 Å². The van der Waals surface area contributed by atoms with Crippen molar-refractivity contribution in [2.45, 2.75) is 58.5 Å². The number of hydrogen-bond acceptors (Lipinski definition) is 4. The first-order valence-corrected chi connectivity index (χ1v) is 12.9. The van der Waals surface area contributed by atoms with Gasteiger partial charge in [0.25, 0.3) is 0 Å². The molecular weight excluding hydrogens is 432 g/mol. The van der Waals surface area contributed by atoms with Crippen LogP contribution in [0.2, 0.25) is 0 Å². The second-order valence-electron chi connectivity index (χ2n) is 8.85. The summed E-state index contributed by atoms with van der Waals surface area (Å²) in [7, 11) is 0. The molecule has 1 aliphatic rings. The Morgan fingerprint density at radius 1 is 1.03 bits per heavy atom. The van der Waals surface area contributed by atoms with E-state index in [-0.39, 0.29) is 0 Å². The Morgan fingerprint density at radius 2 is 1.83 bits per heavy atom. The molecule has 1 heterocycles. The summed E-state index contributed by atoms with van der Waals surface area (Å²) in [6.07, 6.45) is 19.8. The maximum Gasteiger partial charge on any atom is 0.119 e. The van der Waals surface area contributed by atoms with E-state index in [4.69, 9.17) is 9.47 Å². The summed E-state index contributed by atoms with van der Waals surface area (Å²) in [5, 5.41) is 2.01. The zero-order valence-corrected chi connectivity index (χ0v) is 21.3. The predicted octanol–water partition coefficient (Wildman–Crippen LogP) is 7.91. The zero-order chi connectivity index (χ0) is 24.7. The average molecular weight is 473 g/mol. The molecule has 1 atom stereocenters. The van der Waals surface area contributed by atoms with Crippen LogP contribution in [-0.2, 0) is 4.74 Å². The molecule has 2 aromatic carbocycles. The van der Waals surface area contributed by atoms with E-state index in [1.54, 1.807) is 6.08 Å². The van der Waals surface area contributed by atoms with Crippen LogP contribution in [0.3, 0.4) is 0 Å². The van der Waals surface area contributed by atoms with E-state index in [0.717, 1.165) is 48.4 Å². The van der Waals surface area contributed by atoms with Crippen LogP contribution in [0.25, 0.3) is 11.6 Å². The van der Waals surface area contributed by atoms with Crippen LogP contribution >= 0.6 is 0 Å². The van der Waals surface area contributed by atoms with Crippen molar-refractivity contribution in [3.63, 3.8) is 0 Å². The van der Waals surface area contributed by atoms with E-state index in [0.29, 0.717) is 12.7 Å². The van der Waals surface area contributed by atoms with Crippen LogP contribution in [0, 0.1) is 0 Å². The lowest BCUT2D eigenvalue weighted by Crippen LogP contribution is -2.30.